The summed E-state index contributed by atoms with van der Waals surface area (Å²) in [7, 11) is 0. The maximum Gasteiger partial charge on any atom is 0.146 e. The van der Waals surface area contributed by atoms with E-state index in [0.29, 0.717) is 0 Å². The number of nitrogens with zero attached hydrogens (tertiary/aromatic N) is 4. The van der Waals surface area contributed by atoms with Crippen molar-refractivity contribution in [2.75, 3.05) is 0 Å². The molecule has 5 nitrogen and oxygen atoms in total. The Morgan fingerprint density at radius 3 is 2.49 bits per heavy atom. The quantitative estimate of drug-likeness (QED) is 0.169. The van der Waals surface area contributed by atoms with Gasteiger partial charge in [-0.1, -0.05) is 34.7 Å². The molecule has 1 aliphatic rings. The van der Waals surface area contributed by atoms with Gasteiger partial charge < -0.3 is 19.0 Å². The van der Waals surface area contributed by atoms with E-state index in [0.717, 1.165) is 68.5 Å². The van der Waals surface area contributed by atoms with Gasteiger partial charge in [0.15, 0.2) is 0 Å². The number of fused-ring (bicyclic) bond motifs is 7. The SMILES string of the molecule is Cc1cnc(-c2[c-]ccc3c2oc2c3ccc3nc4n(c32)CCCC4)cc1C.[Ir].[c-]1ccccc1-c1ccccn1. The van der Waals surface area contributed by atoms with Crippen LogP contribution in [-0.2, 0) is 33.1 Å². The van der Waals surface area contributed by atoms with Crippen LogP contribution in [0.2, 0.25) is 0 Å². The van der Waals surface area contributed by atoms with Crippen LogP contribution in [0.15, 0.2) is 89.6 Å². The van der Waals surface area contributed by atoms with Crippen molar-refractivity contribution in [1.82, 2.24) is 19.5 Å². The molecule has 0 unspecified atom stereocenters. The van der Waals surface area contributed by atoms with Gasteiger partial charge in [-0.3, -0.25) is 0 Å². The van der Waals surface area contributed by atoms with Gasteiger partial charge in [-0.2, -0.15) is 0 Å². The summed E-state index contributed by atoms with van der Waals surface area (Å²) in [6, 6.07) is 30.6. The molecule has 41 heavy (non-hydrogen) atoms. The first-order chi connectivity index (χ1) is 19.7. The second kappa shape index (κ2) is 11.4. The maximum atomic E-state index is 6.51. The summed E-state index contributed by atoms with van der Waals surface area (Å²) in [4.78, 5) is 13.7. The third kappa shape index (κ3) is 4.99. The zero-order valence-corrected chi connectivity index (χ0v) is 25.3. The first-order valence-electron chi connectivity index (χ1n) is 13.7. The molecule has 6 heteroatoms. The average Bonchev–Trinajstić information content (AvgIpc) is 3.58. The summed E-state index contributed by atoms with van der Waals surface area (Å²) in [5, 5.41) is 2.24. The number of imidazole rings is 1. The Morgan fingerprint density at radius 1 is 0.805 bits per heavy atom. The predicted molar refractivity (Wildman–Crippen MR) is 160 cm³/mol. The minimum Gasteiger partial charge on any atom is -0.498 e. The van der Waals surface area contributed by atoms with Gasteiger partial charge in [-0.15, -0.1) is 54.1 Å². The van der Waals surface area contributed by atoms with Crippen LogP contribution in [0.25, 0.3) is 55.5 Å². The second-order valence-electron chi connectivity index (χ2n) is 10.3. The van der Waals surface area contributed by atoms with Crippen molar-refractivity contribution in [2.45, 2.75) is 39.7 Å². The van der Waals surface area contributed by atoms with Crippen molar-refractivity contribution in [3.05, 3.63) is 114 Å². The van der Waals surface area contributed by atoms with E-state index in [9.17, 15) is 0 Å². The van der Waals surface area contributed by atoms with Crippen molar-refractivity contribution >= 4 is 33.0 Å². The van der Waals surface area contributed by atoms with Gasteiger partial charge in [-0.25, -0.2) is 4.98 Å². The Balaban J connectivity index is 0.000000196. The number of furan rings is 1. The van der Waals surface area contributed by atoms with E-state index in [1.165, 1.54) is 29.8 Å². The van der Waals surface area contributed by atoms with E-state index >= 15 is 0 Å². The molecular weight excluding hydrogens is 685 g/mol. The van der Waals surface area contributed by atoms with Gasteiger partial charge in [0.2, 0.25) is 0 Å². The molecule has 7 aromatic rings. The first kappa shape index (κ1) is 27.1. The van der Waals surface area contributed by atoms with Crippen LogP contribution in [0.5, 0.6) is 0 Å². The minimum atomic E-state index is 0. The van der Waals surface area contributed by atoms with Crippen LogP contribution in [0.1, 0.15) is 29.8 Å². The topological polar surface area (TPSA) is 56.7 Å². The molecule has 0 amide bonds. The largest absolute Gasteiger partial charge is 0.498 e. The molecular formula is C35H28IrN4O-2. The molecule has 1 aliphatic heterocycles. The summed E-state index contributed by atoms with van der Waals surface area (Å²) in [5.41, 5.74) is 10.2. The Bertz CT molecular complexity index is 1940. The van der Waals surface area contributed by atoms with Crippen LogP contribution < -0.4 is 0 Å². The molecule has 0 fully saturated rings. The zero-order chi connectivity index (χ0) is 27.1. The van der Waals surface area contributed by atoms with E-state index < -0.39 is 0 Å². The smallest absolute Gasteiger partial charge is 0.146 e. The van der Waals surface area contributed by atoms with Gasteiger partial charge >= 0.3 is 0 Å². The molecule has 0 spiro atoms. The van der Waals surface area contributed by atoms with E-state index in [4.69, 9.17) is 9.40 Å². The van der Waals surface area contributed by atoms with E-state index in [2.05, 4.69) is 64.8 Å². The van der Waals surface area contributed by atoms with Crippen LogP contribution in [0.4, 0.5) is 0 Å². The molecule has 1 radical (unpaired) electrons. The van der Waals surface area contributed by atoms with Gasteiger partial charge in [0.25, 0.3) is 0 Å². The Hall–Kier alpha value is -4.12. The van der Waals surface area contributed by atoms with Gasteiger partial charge in [0.05, 0.1) is 11.1 Å². The molecule has 0 atom stereocenters. The number of hydrogen-bond donors (Lipinski definition) is 0. The predicted octanol–water partition coefficient (Wildman–Crippen LogP) is 8.30. The number of aryl methyl sites for hydroxylation is 4. The van der Waals surface area contributed by atoms with E-state index in [1.807, 2.05) is 54.7 Å². The molecule has 4 aromatic heterocycles. The van der Waals surface area contributed by atoms with E-state index in [1.54, 1.807) is 6.20 Å². The van der Waals surface area contributed by atoms with Gasteiger partial charge in [-0.05, 0) is 61.8 Å². The Morgan fingerprint density at radius 2 is 1.68 bits per heavy atom. The number of pyridine rings is 2. The molecule has 0 N–H and O–H groups in total. The first-order valence-corrected chi connectivity index (χ1v) is 13.7. The minimum absolute atomic E-state index is 0. The van der Waals surface area contributed by atoms with Crippen molar-refractivity contribution in [3.63, 3.8) is 0 Å². The summed E-state index contributed by atoms with van der Waals surface area (Å²) in [6.45, 7) is 5.21. The number of hydrogen-bond acceptors (Lipinski definition) is 4. The van der Waals surface area contributed by atoms with Crippen molar-refractivity contribution in [2.24, 2.45) is 0 Å². The van der Waals surface area contributed by atoms with Crippen LogP contribution >= 0.6 is 0 Å². The van der Waals surface area contributed by atoms with Crippen molar-refractivity contribution in [3.8, 4) is 22.5 Å². The fourth-order valence-electron chi connectivity index (χ4n) is 5.47. The van der Waals surface area contributed by atoms with Crippen molar-refractivity contribution < 1.29 is 24.5 Å². The van der Waals surface area contributed by atoms with Crippen molar-refractivity contribution in [1.29, 1.82) is 0 Å². The number of rotatable bonds is 2. The number of benzene rings is 3. The molecule has 3 aromatic carbocycles. The third-order valence-electron chi connectivity index (χ3n) is 7.70. The fraction of sp³-hybridized carbons (Fsp3) is 0.171. The molecule has 8 rings (SSSR count). The van der Waals surface area contributed by atoms with Gasteiger partial charge in [0, 0.05) is 50.9 Å². The summed E-state index contributed by atoms with van der Waals surface area (Å²) < 4.78 is 8.86. The standard InChI is InChI=1S/C24H20N3O.C11H8N.Ir/c1-14-12-20(25-13-15(14)2)18-7-5-6-16-17-9-10-19-22(24(17)28-23(16)18)27-11-4-3-8-21(27)26-19;1-2-6-10(7-3-1)11-8-4-5-9-12-11;/h5-6,9-10,12-13H,3-4,8,11H2,1-2H3;1-6,8-9H;/q2*-1;. The monoisotopic (exact) mass is 713 g/mol. The van der Waals surface area contributed by atoms with Gasteiger partial charge in [0.1, 0.15) is 16.9 Å². The molecule has 0 bridgehead atoms. The molecule has 0 saturated heterocycles. The van der Waals surface area contributed by atoms with E-state index in [-0.39, 0.29) is 20.1 Å². The van der Waals surface area contributed by atoms with Crippen LogP contribution in [0.3, 0.4) is 0 Å². The summed E-state index contributed by atoms with van der Waals surface area (Å²) >= 11 is 0. The molecule has 205 valence electrons. The normalized spacial score (nSPS) is 12.5. The number of aromatic nitrogens is 4. The molecule has 0 saturated carbocycles. The second-order valence-corrected chi connectivity index (χ2v) is 10.3. The summed E-state index contributed by atoms with van der Waals surface area (Å²) in [6.07, 6.45) is 7.16. The fourth-order valence-corrected chi connectivity index (χ4v) is 5.47. The third-order valence-corrected chi connectivity index (χ3v) is 7.70. The maximum absolute atomic E-state index is 6.51. The molecule has 5 heterocycles. The Labute approximate surface area is 252 Å². The zero-order valence-electron chi connectivity index (χ0n) is 22.9. The summed E-state index contributed by atoms with van der Waals surface area (Å²) in [5.74, 6) is 1.18. The van der Waals surface area contributed by atoms with Crippen LogP contribution in [0, 0.1) is 26.0 Å². The average molecular weight is 713 g/mol. The molecule has 0 aliphatic carbocycles. The Kier molecular flexibility index (Phi) is 7.53. The van der Waals surface area contributed by atoms with Crippen LogP contribution in [-0.4, -0.2) is 19.5 Å².